The van der Waals surface area contributed by atoms with E-state index in [1.165, 1.54) is 30.1 Å². The first kappa shape index (κ1) is 58.9. The highest BCUT2D eigenvalue weighted by molar-refractivity contribution is 6.76. The summed E-state index contributed by atoms with van der Waals surface area (Å²) in [4.78, 5) is 55.3. The van der Waals surface area contributed by atoms with Crippen LogP contribution in [0, 0.1) is 0 Å². The Morgan fingerprint density at radius 1 is 0.643 bits per heavy atom. The number of H-pyrrole nitrogens is 1. The predicted molar refractivity (Wildman–Crippen MR) is 344 cm³/mol. The molecular formula is C68H78N10O5Si. The van der Waals surface area contributed by atoms with Crippen LogP contribution in [0.2, 0.25) is 25.7 Å². The summed E-state index contributed by atoms with van der Waals surface area (Å²) >= 11 is 0. The second kappa shape index (κ2) is 26.5. The third-order valence-electron chi connectivity index (χ3n) is 16.4. The Morgan fingerprint density at radius 3 is 1.75 bits per heavy atom. The zero-order valence-electron chi connectivity index (χ0n) is 50.0. The van der Waals surface area contributed by atoms with Crippen molar-refractivity contribution in [2.45, 2.75) is 70.2 Å². The van der Waals surface area contributed by atoms with Gasteiger partial charge in [-0.05, 0) is 143 Å². The summed E-state index contributed by atoms with van der Waals surface area (Å²) < 4.78 is 19.1. The van der Waals surface area contributed by atoms with Crippen LogP contribution in [0.1, 0.15) is 52.2 Å². The number of imidazole rings is 2. The molecule has 1 N–H and O–H groups in total. The minimum absolute atomic E-state index is 0.161. The summed E-state index contributed by atoms with van der Waals surface area (Å²) in [6.45, 7) is 12.9. The number of hydrogen-bond acceptors (Lipinski definition) is 13. The quantitative estimate of drug-likeness (QED) is 0.0424. The molecule has 6 heterocycles. The third kappa shape index (κ3) is 13.7. The highest BCUT2D eigenvalue weighted by Crippen LogP contribution is 2.37. The van der Waals surface area contributed by atoms with Crippen LogP contribution in [0.3, 0.4) is 0 Å². The van der Waals surface area contributed by atoms with E-state index in [0.717, 1.165) is 124 Å². The van der Waals surface area contributed by atoms with E-state index in [4.69, 9.17) is 14.2 Å². The van der Waals surface area contributed by atoms with Crippen LogP contribution in [0.25, 0.3) is 65.9 Å². The molecule has 2 saturated heterocycles. The Kier molecular flexibility index (Phi) is 18.6. The lowest BCUT2D eigenvalue weighted by Crippen LogP contribution is -2.41. The number of aromatic nitrogens is 6. The van der Waals surface area contributed by atoms with Gasteiger partial charge >= 0.3 is 0 Å². The summed E-state index contributed by atoms with van der Waals surface area (Å²) in [6.07, 6.45) is 14.8. The zero-order valence-corrected chi connectivity index (χ0v) is 51.0. The largest absolute Gasteiger partial charge is 0.496 e. The Balaban J connectivity index is 0.000000149. The number of methoxy groups -OCH3 is 2. The number of pyridine rings is 2. The number of hydrogen-bond donors (Lipinski definition) is 1. The van der Waals surface area contributed by atoms with Crippen molar-refractivity contribution >= 4 is 75.1 Å². The van der Waals surface area contributed by atoms with Crippen LogP contribution >= 0.6 is 0 Å². The number of carbonyl (C=O) groups excluding carboxylic acids is 2. The Bertz CT molecular complexity index is 3880. The van der Waals surface area contributed by atoms with Gasteiger partial charge in [0.25, 0.3) is 0 Å². The molecule has 84 heavy (non-hydrogen) atoms. The average molecular weight is 1140 g/mol. The van der Waals surface area contributed by atoms with Crippen molar-refractivity contribution in [3.05, 3.63) is 169 Å². The van der Waals surface area contributed by atoms with Crippen LogP contribution in [0.5, 0.6) is 11.5 Å². The number of anilines is 2. The first-order valence-electron chi connectivity index (χ1n) is 29.1. The van der Waals surface area contributed by atoms with E-state index < -0.39 is 8.07 Å². The van der Waals surface area contributed by atoms with Crippen molar-refractivity contribution in [1.29, 1.82) is 0 Å². The summed E-state index contributed by atoms with van der Waals surface area (Å²) in [7, 11) is 10.9. The van der Waals surface area contributed by atoms with Crippen molar-refractivity contribution in [3.8, 4) is 33.8 Å². The van der Waals surface area contributed by atoms with Gasteiger partial charge in [0, 0.05) is 133 Å². The molecule has 0 atom stereocenters. The fraction of sp³-hybridized carbons (Fsp3) is 0.324. The molecule has 0 spiro atoms. The number of carbonyl (C=O) groups is 2. The van der Waals surface area contributed by atoms with Crippen LogP contribution in [0.4, 0.5) is 11.4 Å². The van der Waals surface area contributed by atoms with Crippen molar-refractivity contribution in [2.24, 2.45) is 0 Å². The van der Waals surface area contributed by atoms with Gasteiger partial charge in [-0.3, -0.25) is 19.6 Å². The van der Waals surface area contributed by atoms with E-state index in [1.807, 2.05) is 91.6 Å². The molecule has 15 nitrogen and oxygen atoms in total. The van der Waals surface area contributed by atoms with Gasteiger partial charge in [0.2, 0.25) is 5.78 Å². The second-order valence-electron chi connectivity index (χ2n) is 23.5. The molecular weight excluding hydrogens is 1060 g/mol. The number of nitrogens with zero attached hydrogens (tertiary/aromatic N) is 9. The minimum Gasteiger partial charge on any atom is -0.496 e. The van der Waals surface area contributed by atoms with Crippen molar-refractivity contribution in [2.75, 3.05) is 85.0 Å². The number of ketones is 1. The zero-order chi connectivity index (χ0) is 58.9. The molecule has 2 fully saturated rings. The number of ether oxygens (including phenoxy) is 3. The summed E-state index contributed by atoms with van der Waals surface area (Å²) in [5, 5.41) is 4.23. The number of fused-ring (bicyclic) bond motifs is 4. The number of rotatable bonds is 16. The van der Waals surface area contributed by atoms with Crippen LogP contribution in [0.15, 0.2) is 152 Å². The molecule has 0 aliphatic carbocycles. The maximum absolute atomic E-state index is 13.6. The number of benzene rings is 6. The van der Waals surface area contributed by atoms with Crippen molar-refractivity contribution < 1.29 is 23.8 Å². The Morgan fingerprint density at radius 2 is 1.19 bits per heavy atom. The lowest BCUT2D eigenvalue weighted by atomic mass is 9.97. The molecule has 16 heteroatoms. The highest BCUT2D eigenvalue weighted by atomic mass is 28.3. The van der Waals surface area contributed by atoms with Crippen molar-refractivity contribution in [1.82, 2.24) is 39.3 Å². The summed E-state index contributed by atoms with van der Waals surface area (Å²) in [6, 6.07) is 42.3. The molecule has 434 valence electrons. The third-order valence-corrected chi connectivity index (χ3v) is 18.1. The number of aromatic amines is 1. The maximum Gasteiger partial charge on any atom is 0.228 e. The molecule has 0 saturated carbocycles. The van der Waals surface area contributed by atoms with E-state index in [9.17, 15) is 9.59 Å². The molecule has 12 rings (SSSR count). The lowest BCUT2D eigenvalue weighted by molar-refractivity contribution is 0.0898. The number of piperidine rings is 2. The summed E-state index contributed by atoms with van der Waals surface area (Å²) in [5.41, 5.74) is 11.1. The second-order valence-corrected chi connectivity index (χ2v) is 29.1. The predicted octanol–water partition coefficient (Wildman–Crippen LogP) is 13.1. The van der Waals surface area contributed by atoms with Gasteiger partial charge in [-0.2, -0.15) is 0 Å². The van der Waals surface area contributed by atoms with Gasteiger partial charge in [0.05, 0.1) is 42.6 Å². The SMILES string of the molecule is CN(C)C1CCN(c2ccc3ncn(COCC[Si](C)(C)C)c3c2)CC1.COc1ccc(C(=O)c2nc3ccc(N4CCC(N(C)C)CC4)cc3[nH]2)cc1-c1cncc2ccccc12.COc1ccc(C=O)cc1-c1cncc2ccccc12. The first-order valence-corrected chi connectivity index (χ1v) is 32.8. The van der Waals surface area contributed by atoms with Crippen LogP contribution < -0.4 is 19.3 Å². The summed E-state index contributed by atoms with van der Waals surface area (Å²) in [5.74, 6) is 1.59. The van der Waals surface area contributed by atoms with E-state index in [1.54, 1.807) is 38.6 Å². The monoisotopic (exact) mass is 1140 g/mol. The van der Waals surface area contributed by atoms with Crippen molar-refractivity contribution in [3.63, 3.8) is 0 Å². The molecule has 2 aliphatic heterocycles. The molecule has 6 aromatic carbocycles. The Labute approximate surface area is 494 Å². The fourth-order valence-corrected chi connectivity index (χ4v) is 12.1. The van der Waals surface area contributed by atoms with E-state index >= 15 is 0 Å². The van der Waals surface area contributed by atoms with Crippen LogP contribution in [-0.4, -0.2) is 147 Å². The first-order chi connectivity index (χ1) is 40.7. The topological polar surface area (TPSA) is 147 Å². The number of nitrogens with one attached hydrogen (secondary N) is 1. The maximum atomic E-state index is 13.6. The van der Waals surface area contributed by atoms with Crippen LogP contribution in [-0.2, 0) is 11.5 Å². The molecule has 10 aromatic rings. The van der Waals surface area contributed by atoms with E-state index in [2.05, 4.69) is 133 Å². The fourth-order valence-electron chi connectivity index (χ4n) is 11.3. The van der Waals surface area contributed by atoms with Gasteiger partial charge in [0.1, 0.15) is 24.5 Å². The molecule has 0 unspecified atom stereocenters. The molecule has 4 aromatic heterocycles. The van der Waals surface area contributed by atoms with Gasteiger partial charge in [-0.15, -0.1) is 0 Å². The Hall–Kier alpha value is -8.28. The van der Waals surface area contributed by atoms with Gasteiger partial charge in [0.15, 0.2) is 5.82 Å². The highest BCUT2D eigenvalue weighted by Gasteiger charge is 2.24. The van der Waals surface area contributed by atoms with Gasteiger partial charge < -0.3 is 43.4 Å². The number of aldehydes is 1. The lowest BCUT2D eigenvalue weighted by Gasteiger charge is -2.36. The molecule has 0 amide bonds. The average Bonchev–Trinajstić information content (AvgIpc) is 2.86. The van der Waals surface area contributed by atoms with E-state index in [0.29, 0.717) is 41.5 Å². The van der Waals surface area contributed by atoms with E-state index in [-0.39, 0.29) is 5.78 Å². The molecule has 2 aliphatic rings. The molecule has 0 radical (unpaired) electrons. The standard InChI is InChI=1S/C31H31N5O2.C20H34N4OSi.C17H13NO2/c1-35(2)22-12-14-36(15-13-22)23-9-10-27-28(17-23)34-31(33-27)30(37)20-8-11-29(38-3)25(16-20)26-19-32-18-21-6-4-5-7-24(21)26;1-22(2)17-8-10-23(11-9-17)18-6-7-19-20(14-18)24(15-21-19)16-25-12-13-26(3,4)5;1-20-17-7-6-12(11-19)8-15(17)16-10-18-9-13-4-2-3-5-14(13)16/h4-11,16-19,22H,12-15H2,1-3H3,(H,33,34);6-7,14-15,17H,8-13,16H2,1-5H3;2-11H,1H3. The molecule has 0 bridgehead atoms. The normalized spacial score (nSPS) is 14.2. The van der Waals surface area contributed by atoms with Gasteiger partial charge in [-0.1, -0.05) is 68.2 Å². The smallest absolute Gasteiger partial charge is 0.228 e. The van der Waals surface area contributed by atoms with Gasteiger partial charge in [-0.25, -0.2) is 9.97 Å². The minimum atomic E-state index is -1.04.